The summed E-state index contributed by atoms with van der Waals surface area (Å²) < 4.78 is 0. The van der Waals surface area contributed by atoms with E-state index in [2.05, 4.69) is 24.3 Å². The first-order chi connectivity index (χ1) is 7.50. The van der Waals surface area contributed by atoms with Crippen molar-refractivity contribution >= 4 is 0 Å². The van der Waals surface area contributed by atoms with E-state index in [1.165, 1.54) is 19.3 Å². The van der Waals surface area contributed by atoms with Crippen LogP contribution in [0.3, 0.4) is 0 Å². The van der Waals surface area contributed by atoms with Crippen LogP contribution in [0.4, 0.5) is 0 Å². The normalized spacial score (nSPS) is 29.6. The highest BCUT2D eigenvalue weighted by Crippen LogP contribution is 2.19. The van der Waals surface area contributed by atoms with Crippen LogP contribution in [0.2, 0.25) is 0 Å². The van der Waals surface area contributed by atoms with Gasteiger partial charge in [0.25, 0.3) is 0 Å². The van der Waals surface area contributed by atoms with Crippen LogP contribution in [0.15, 0.2) is 0 Å². The van der Waals surface area contributed by atoms with Gasteiger partial charge in [0.1, 0.15) is 0 Å². The average Bonchev–Trinajstić information content (AvgIpc) is 2.15. The minimum Gasteiger partial charge on any atom is -0.390 e. The predicted octanol–water partition coefficient (Wildman–Crippen LogP) is 0.676. The standard InChI is InChI=1S/C12H27N3O/c1-10-6-5-7-11(2)15(10)13-8-12(16)9-14(3)4/h10-13,16H,5-9H2,1-4H3. The number of hydrogen-bond donors (Lipinski definition) is 2. The number of piperidine rings is 1. The molecule has 0 radical (unpaired) electrons. The van der Waals surface area contributed by atoms with Gasteiger partial charge in [-0.05, 0) is 40.8 Å². The molecule has 0 spiro atoms. The molecule has 0 bridgehead atoms. The third kappa shape index (κ3) is 4.37. The Bertz CT molecular complexity index is 189. The van der Waals surface area contributed by atoms with E-state index in [1.54, 1.807) is 0 Å². The van der Waals surface area contributed by atoms with Crippen LogP contribution in [0, 0.1) is 0 Å². The fraction of sp³-hybridized carbons (Fsp3) is 1.00. The third-order valence-corrected chi connectivity index (χ3v) is 3.28. The number of rotatable bonds is 5. The first-order valence-corrected chi connectivity index (χ1v) is 6.35. The molecule has 2 N–H and O–H groups in total. The Hall–Kier alpha value is -0.160. The number of likely N-dealkylation sites (N-methyl/N-ethyl adjacent to an activating group) is 1. The van der Waals surface area contributed by atoms with Crippen molar-refractivity contribution in [3.63, 3.8) is 0 Å². The third-order valence-electron chi connectivity index (χ3n) is 3.28. The Morgan fingerprint density at radius 3 is 2.38 bits per heavy atom. The molecule has 96 valence electrons. The molecule has 3 unspecified atom stereocenters. The van der Waals surface area contributed by atoms with Crippen molar-refractivity contribution in [3.05, 3.63) is 0 Å². The summed E-state index contributed by atoms with van der Waals surface area (Å²) in [5.74, 6) is 0. The summed E-state index contributed by atoms with van der Waals surface area (Å²) in [7, 11) is 3.96. The zero-order valence-electron chi connectivity index (χ0n) is 11.1. The fourth-order valence-corrected chi connectivity index (χ4v) is 2.43. The maximum absolute atomic E-state index is 9.79. The first-order valence-electron chi connectivity index (χ1n) is 6.35. The molecule has 1 fully saturated rings. The van der Waals surface area contributed by atoms with Crippen LogP contribution in [0.1, 0.15) is 33.1 Å². The van der Waals surface area contributed by atoms with Gasteiger partial charge in [-0.15, -0.1) is 0 Å². The summed E-state index contributed by atoms with van der Waals surface area (Å²) in [6.45, 7) is 5.86. The largest absolute Gasteiger partial charge is 0.390 e. The highest BCUT2D eigenvalue weighted by molar-refractivity contribution is 4.77. The van der Waals surface area contributed by atoms with Gasteiger partial charge in [-0.2, -0.15) is 0 Å². The van der Waals surface area contributed by atoms with E-state index in [0.29, 0.717) is 25.2 Å². The van der Waals surface area contributed by atoms with Crippen molar-refractivity contribution in [2.75, 3.05) is 27.2 Å². The van der Waals surface area contributed by atoms with Gasteiger partial charge < -0.3 is 10.0 Å². The molecule has 1 heterocycles. The Kier molecular flexibility index (Phi) is 5.69. The Balaban J connectivity index is 2.29. The number of aliphatic hydroxyl groups excluding tert-OH is 1. The Morgan fingerprint density at radius 1 is 1.31 bits per heavy atom. The second-order valence-electron chi connectivity index (χ2n) is 5.31. The number of nitrogens with one attached hydrogen (secondary N) is 1. The Morgan fingerprint density at radius 2 is 1.88 bits per heavy atom. The van der Waals surface area contributed by atoms with Crippen molar-refractivity contribution in [3.8, 4) is 0 Å². The summed E-state index contributed by atoms with van der Waals surface area (Å²) in [5.41, 5.74) is 3.38. The van der Waals surface area contributed by atoms with Gasteiger partial charge in [0.05, 0.1) is 6.10 Å². The van der Waals surface area contributed by atoms with E-state index >= 15 is 0 Å². The molecule has 3 atom stereocenters. The summed E-state index contributed by atoms with van der Waals surface area (Å²) >= 11 is 0. The van der Waals surface area contributed by atoms with Gasteiger partial charge in [-0.25, -0.2) is 5.01 Å². The average molecular weight is 229 g/mol. The summed E-state index contributed by atoms with van der Waals surface area (Å²) in [6, 6.07) is 1.16. The van der Waals surface area contributed by atoms with Crippen molar-refractivity contribution in [2.45, 2.75) is 51.3 Å². The molecule has 1 aliphatic heterocycles. The molecule has 1 saturated heterocycles. The van der Waals surface area contributed by atoms with E-state index in [-0.39, 0.29) is 6.10 Å². The van der Waals surface area contributed by atoms with Crippen molar-refractivity contribution < 1.29 is 5.11 Å². The highest BCUT2D eigenvalue weighted by Gasteiger charge is 2.24. The molecule has 0 amide bonds. The van der Waals surface area contributed by atoms with E-state index < -0.39 is 0 Å². The molecule has 0 aromatic heterocycles. The minimum absolute atomic E-state index is 0.295. The molecule has 0 saturated carbocycles. The van der Waals surface area contributed by atoms with Gasteiger partial charge in [-0.1, -0.05) is 6.42 Å². The van der Waals surface area contributed by atoms with Crippen molar-refractivity contribution in [2.24, 2.45) is 0 Å². The molecule has 0 aromatic carbocycles. The number of hydrazine groups is 1. The molecular weight excluding hydrogens is 202 g/mol. The van der Waals surface area contributed by atoms with Crippen LogP contribution in [0.5, 0.6) is 0 Å². The van der Waals surface area contributed by atoms with Crippen LogP contribution in [-0.2, 0) is 0 Å². The van der Waals surface area contributed by atoms with Crippen LogP contribution < -0.4 is 5.43 Å². The first kappa shape index (κ1) is 13.9. The monoisotopic (exact) mass is 229 g/mol. The lowest BCUT2D eigenvalue weighted by Gasteiger charge is -2.39. The van der Waals surface area contributed by atoms with E-state index in [1.807, 2.05) is 19.0 Å². The van der Waals surface area contributed by atoms with Gasteiger partial charge >= 0.3 is 0 Å². The van der Waals surface area contributed by atoms with E-state index in [0.717, 1.165) is 0 Å². The van der Waals surface area contributed by atoms with E-state index in [4.69, 9.17) is 0 Å². The molecule has 0 aliphatic carbocycles. The van der Waals surface area contributed by atoms with Gasteiger partial charge in [0.15, 0.2) is 0 Å². The second kappa shape index (κ2) is 6.55. The molecule has 16 heavy (non-hydrogen) atoms. The molecule has 1 rings (SSSR count). The van der Waals surface area contributed by atoms with Crippen molar-refractivity contribution in [1.29, 1.82) is 0 Å². The zero-order valence-corrected chi connectivity index (χ0v) is 11.1. The maximum Gasteiger partial charge on any atom is 0.0805 e. The molecular formula is C12H27N3O. The number of hydrogen-bond acceptors (Lipinski definition) is 4. The summed E-state index contributed by atoms with van der Waals surface area (Å²) in [5, 5.41) is 12.1. The molecule has 4 nitrogen and oxygen atoms in total. The SMILES string of the molecule is CC1CCCC(C)N1NCC(O)CN(C)C. The van der Waals surface area contributed by atoms with Gasteiger partial charge in [0.2, 0.25) is 0 Å². The highest BCUT2D eigenvalue weighted by atomic mass is 16.3. The lowest BCUT2D eigenvalue weighted by Crippen LogP contribution is -2.54. The van der Waals surface area contributed by atoms with Crippen molar-refractivity contribution in [1.82, 2.24) is 15.3 Å². The zero-order chi connectivity index (χ0) is 12.1. The van der Waals surface area contributed by atoms with Crippen LogP contribution in [0.25, 0.3) is 0 Å². The molecule has 4 heteroatoms. The lowest BCUT2D eigenvalue weighted by molar-refractivity contribution is 0.0222. The van der Waals surface area contributed by atoms with Gasteiger partial charge in [0, 0.05) is 25.2 Å². The predicted molar refractivity (Wildman–Crippen MR) is 67.2 cm³/mol. The second-order valence-corrected chi connectivity index (χ2v) is 5.31. The quantitative estimate of drug-likeness (QED) is 0.727. The minimum atomic E-state index is -0.295. The molecule has 1 aliphatic rings. The number of nitrogens with zero attached hydrogens (tertiary/aromatic N) is 2. The lowest BCUT2D eigenvalue weighted by atomic mass is 10.00. The summed E-state index contributed by atoms with van der Waals surface area (Å²) in [4.78, 5) is 2.01. The van der Waals surface area contributed by atoms with Gasteiger partial charge in [-0.3, -0.25) is 5.43 Å². The van der Waals surface area contributed by atoms with Crippen LogP contribution in [-0.4, -0.2) is 60.4 Å². The Labute approximate surface area is 99.6 Å². The maximum atomic E-state index is 9.79. The fourth-order valence-electron chi connectivity index (χ4n) is 2.43. The smallest absolute Gasteiger partial charge is 0.0805 e. The van der Waals surface area contributed by atoms with E-state index in [9.17, 15) is 5.11 Å². The summed E-state index contributed by atoms with van der Waals surface area (Å²) in [6.07, 6.45) is 3.53. The number of aliphatic hydroxyl groups is 1. The topological polar surface area (TPSA) is 38.7 Å². The molecule has 0 aromatic rings. The van der Waals surface area contributed by atoms with Crippen LogP contribution >= 0.6 is 0 Å².